The van der Waals surface area contributed by atoms with Gasteiger partial charge in [0.05, 0.1) is 4.88 Å². The fourth-order valence-electron chi connectivity index (χ4n) is 2.08. The van der Waals surface area contributed by atoms with Crippen molar-refractivity contribution in [3.63, 3.8) is 0 Å². The molecular weight excluding hydrogens is 286 g/mol. The Morgan fingerprint density at radius 1 is 1.43 bits per heavy atom. The van der Waals surface area contributed by atoms with Gasteiger partial charge < -0.3 is 15.6 Å². The summed E-state index contributed by atoms with van der Waals surface area (Å²) in [4.78, 5) is 12.8. The Morgan fingerprint density at radius 3 is 3.05 bits per heavy atom. The number of carbonyl (C=O) groups is 1. The molecule has 0 aliphatic heterocycles. The number of thiophene rings is 1. The number of fused-ring (bicyclic) bond motifs is 1. The molecule has 2 aromatic heterocycles. The number of hydrogen-bond donors (Lipinski definition) is 2. The molecular formula is C14H15N5OS. The zero-order chi connectivity index (χ0) is 14.8. The van der Waals surface area contributed by atoms with Gasteiger partial charge in [0.15, 0.2) is 0 Å². The highest BCUT2D eigenvalue weighted by Gasteiger charge is 2.10. The lowest BCUT2D eigenvalue weighted by molar-refractivity contribution is 0.0958. The number of rotatable bonds is 4. The van der Waals surface area contributed by atoms with E-state index < -0.39 is 0 Å². The fourth-order valence-corrected chi connectivity index (χ4v) is 3.04. The van der Waals surface area contributed by atoms with Crippen molar-refractivity contribution in [2.24, 2.45) is 7.05 Å². The second-order valence-corrected chi connectivity index (χ2v) is 5.86. The Morgan fingerprint density at radius 2 is 2.29 bits per heavy atom. The van der Waals surface area contributed by atoms with Gasteiger partial charge >= 0.3 is 0 Å². The van der Waals surface area contributed by atoms with E-state index in [1.165, 1.54) is 11.3 Å². The number of benzene rings is 1. The van der Waals surface area contributed by atoms with Gasteiger partial charge in [0.25, 0.3) is 5.91 Å². The normalized spacial score (nSPS) is 10.9. The number of hydrogen-bond acceptors (Lipinski definition) is 5. The van der Waals surface area contributed by atoms with Crippen LogP contribution in [0, 0.1) is 0 Å². The molecule has 1 aromatic carbocycles. The smallest absolute Gasteiger partial charge is 0.261 e. The summed E-state index contributed by atoms with van der Waals surface area (Å²) in [6.45, 7) is 0.530. The van der Waals surface area contributed by atoms with E-state index >= 15 is 0 Å². The molecule has 0 spiro atoms. The second kappa shape index (κ2) is 5.53. The van der Waals surface area contributed by atoms with Crippen LogP contribution in [0.15, 0.2) is 30.6 Å². The number of nitrogens with one attached hydrogen (secondary N) is 1. The minimum absolute atomic E-state index is 0.0723. The van der Waals surface area contributed by atoms with E-state index in [4.69, 9.17) is 5.73 Å². The van der Waals surface area contributed by atoms with Crippen LogP contribution in [-0.4, -0.2) is 27.2 Å². The Hall–Kier alpha value is -2.41. The minimum Gasteiger partial charge on any atom is -0.399 e. The lowest BCUT2D eigenvalue weighted by Gasteiger charge is -2.02. The first kappa shape index (κ1) is 13.6. The Labute approximate surface area is 125 Å². The highest BCUT2D eigenvalue weighted by Crippen LogP contribution is 2.27. The number of aromatic nitrogens is 3. The number of anilines is 1. The highest BCUT2D eigenvalue weighted by atomic mass is 32.1. The molecule has 21 heavy (non-hydrogen) atoms. The average molecular weight is 301 g/mol. The van der Waals surface area contributed by atoms with Crippen molar-refractivity contribution in [1.82, 2.24) is 20.1 Å². The zero-order valence-electron chi connectivity index (χ0n) is 11.5. The molecule has 3 aromatic rings. The molecule has 108 valence electrons. The topological polar surface area (TPSA) is 85.8 Å². The van der Waals surface area contributed by atoms with Gasteiger partial charge in [0.1, 0.15) is 12.2 Å². The summed E-state index contributed by atoms with van der Waals surface area (Å²) in [5.74, 6) is 0.774. The summed E-state index contributed by atoms with van der Waals surface area (Å²) in [7, 11) is 1.88. The quantitative estimate of drug-likeness (QED) is 0.716. The molecule has 0 radical (unpaired) electrons. The van der Waals surface area contributed by atoms with Crippen molar-refractivity contribution in [2.75, 3.05) is 12.3 Å². The molecule has 3 rings (SSSR count). The van der Waals surface area contributed by atoms with E-state index in [1.807, 2.05) is 35.9 Å². The molecule has 2 heterocycles. The predicted molar refractivity (Wildman–Crippen MR) is 83.3 cm³/mol. The summed E-state index contributed by atoms with van der Waals surface area (Å²) in [5, 5.41) is 11.7. The number of nitrogens with zero attached hydrogens (tertiary/aromatic N) is 3. The number of amides is 1. The monoisotopic (exact) mass is 301 g/mol. The van der Waals surface area contributed by atoms with Gasteiger partial charge in [-0.25, -0.2) is 0 Å². The van der Waals surface area contributed by atoms with E-state index in [1.54, 1.807) is 6.33 Å². The van der Waals surface area contributed by atoms with Crippen molar-refractivity contribution < 1.29 is 4.79 Å². The van der Waals surface area contributed by atoms with Gasteiger partial charge in [-0.3, -0.25) is 4.79 Å². The Kier molecular flexibility index (Phi) is 3.57. The molecule has 0 atom stereocenters. The molecule has 1 amide bonds. The van der Waals surface area contributed by atoms with Crippen LogP contribution in [0.1, 0.15) is 15.5 Å². The van der Waals surface area contributed by atoms with E-state index in [2.05, 4.69) is 15.5 Å². The van der Waals surface area contributed by atoms with Crippen LogP contribution in [-0.2, 0) is 13.5 Å². The Balaban J connectivity index is 1.65. The first-order valence-electron chi connectivity index (χ1n) is 6.53. The van der Waals surface area contributed by atoms with Crippen molar-refractivity contribution in [2.45, 2.75) is 6.42 Å². The first-order valence-corrected chi connectivity index (χ1v) is 7.35. The summed E-state index contributed by atoms with van der Waals surface area (Å²) in [6.07, 6.45) is 2.30. The summed E-state index contributed by atoms with van der Waals surface area (Å²) < 4.78 is 2.90. The molecule has 0 aliphatic rings. The number of nitrogen functional groups attached to an aromatic ring is 1. The predicted octanol–water partition coefficient (Wildman–Crippen LogP) is 1.58. The molecule has 0 aliphatic carbocycles. The lowest BCUT2D eigenvalue weighted by atomic mass is 10.2. The second-order valence-electron chi connectivity index (χ2n) is 4.77. The molecule has 7 heteroatoms. The van der Waals surface area contributed by atoms with E-state index in [9.17, 15) is 4.79 Å². The summed E-state index contributed by atoms with van der Waals surface area (Å²) in [5.41, 5.74) is 6.45. The van der Waals surface area contributed by atoms with Crippen LogP contribution in [0.4, 0.5) is 5.69 Å². The third kappa shape index (κ3) is 2.87. The minimum atomic E-state index is -0.0723. The van der Waals surface area contributed by atoms with Crippen LogP contribution < -0.4 is 11.1 Å². The average Bonchev–Trinajstić information content (AvgIpc) is 3.05. The standard InChI is InChI=1S/C14H15N5OS/c1-19-8-17-18-13(19)4-5-16-14(20)12-7-9-6-10(15)2-3-11(9)21-12/h2-3,6-8H,4-5,15H2,1H3,(H,16,20). The molecule has 0 unspecified atom stereocenters. The third-order valence-corrected chi connectivity index (χ3v) is 4.32. The van der Waals surface area contributed by atoms with Gasteiger partial charge in [0, 0.05) is 30.4 Å². The van der Waals surface area contributed by atoms with Crippen LogP contribution >= 0.6 is 11.3 Å². The van der Waals surface area contributed by atoms with E-state index in [-0.39, 0.29) is 5.91 Å². The maximum atomic E-state index is 12.1. The molecule has 6 nitrogen and oxygen atoms in total. The van der Waals surface area contributed by atoms with Crippen LogP contribution in [0.3, 0.4) is 0 Å². The molecule has 0 saturated carbocycles. The number of carbonyl (C=O) groups excluding carboxylic acids is 1. The molecule has 0 fully saturated rings. The molecule has 3 N–H and O–H groups in total. The maximum Gasteiger partial charge on any atom is 0.261 e. The summed E-state index contributed by atoms with van der Waals surface area (Å²) >= 11 is 1.46. The van der Waals surface area contributed by atoms with Gasteiger partial charge in [0.2, 0.25) is 0 Å². The summed E-state index contributed by atoms with van der Waals surface area (Å²) in [6, 6.07) is 7.52. The van der Waals surface area contributed by atoms with Crippen molar-refractivity contribution >= 4 is 33.0 Å². The van der Waals surface area contributed by atoms with Gasteiger partial charge in [-0.15, -0.1) is 21.5 Å². The Bertz CT molecular complexity index is 792. The number of aryl methyl sites for hydroxylation is 1. The van der Waals surface area contributed by atoms with Crippen molar-refractivity contribution in [3.05, 3.63) is 41.3 Å². The number of nitrogens with two attached hydrogens (primary N) is 1. The molecule has 0 bridgehead atoms. The molecule has 0 saturated heterocycles. The van der Waals surface area contributed by atoms with Crippen LogP contribution in [0.25, 0.3) is 10.1 Å². The van der Waals surface area contributed by atoms with Gasteiger partial charge in [-0.2, -0.15) is 0 Å². The van der Waals surface area contributed by atoms with Crippen molar-refractivity contribution in [3.8, 4) is 0 Å². The third-order valence-electron chi connectivity index (χ3n) is 3.20. The van der Waals surface area contributed by atoms with E-state index in [0.29, 0.717) is 23.5 Å². The first-order chi connectivity index (χ1) is 10.1. The van der Waals surface area contributed by atoms with Crippen LogP contribution in [0.5, 0.6) is 0 Å². The lowest BCUT2D eigenvalue weighted by Crippen LogP contribution is -2.25. The fraction of sp³-hybridized carbons (Fsp3) is 0.214. The van der Waals surface area contributed by atoms with Crippen LogP contribution in [0.2, 0.25) is 0 Å². The van der Waals surface area contributed by atoms with Gasteiger partial charge in [-0.1, -0.05) is 0 Å². The SMILES string of the molecule is Cn1cnnc1CCNC(=O)c1cc2cc(N)ccc2s1. The van der Waals surface area contributed by atoms with Crippen molar-refractivity contribution in [1.29, 1.82) is 0 Å². The highest BCUT2D eigenvalue weighted by molar-refractivity contribution is 7.20. The van der Waals surface area contributed by atoms with E-state index in [0.717, 1.165) is 15.9 Å². The van der Waals surface area contributed by atoms with Gasteiger partial charge in [-0.05, 0) is 29.7 Å². The maximum absolute atomic E-state index is 12.1. The largest absolute Gasteiger partial charge is 0.399 e. The zero-order valence-corrected chi connectivity index (χ0v) is 12.4.